The highest BCUT2D eigenvalue weighted by Crippen LogP contribution is 2.32. The lowest BCUT2D eigenvalue weighted by atomic mass is 10.0. The van der Waals surface area contributed by atoms with Gasteiger partial charge >= 0.3 is 5.97 Å². The van der Waals surface area contributed by atoms with Gasteiger partial charge in [0.15, 0.2) is 0 Å². The SMILES string of the molecule is COCC(C)=C(C(=O)O)N1CC(NC(C)=O)C1=O.c1cc2cc(c1)O2. The summed E-state index contributed by atoms with van der Waals surface area (Å²) in [5.41, 5.74) is 0.378. The fourth-order valence-electron chi connectivity index (χ4n) is 2.47. The number of ether oxygens (including phenoxy) is 2. The van der Waals surface area contributed by atoms with Crippen LogP contribution in [0.3, 0.4) is 0 Å². The summed E-state index contributed by atoms with van der Waals surface area (Å²) in [6.45, 7) is 3.20. The molecule has 1 fully saturated rings. The summed E-state index contributed by atoms with van der Waals surface area (Å²) >= 11 is 0. The molecule has 134 valence electrons. The predicted octanol–water partition coefficient (Wildman–Crippen LogP) is 1.13. The molecule has 0 spiro atoms. The second-order valence-corrected chi connectivity index (χ2v) is 5.65. The second-order valence-electron chi connectivity index (χ2n) is 5.65. The Morgan fingerprint density at radius 3 is 2.28 bits per heavy atom. The molecule has 4 rings (SSSR count). The highest BCUT2D eigenvalue weighted by molar-refractivity contribution is 6.00. The van der Waals surface area contributed by atoms with Crippen molar-refractivity contribution in [2.24, 2.45) is 0 Å². The number of nitrogens with zero attached hydrogens (tertiary/aromatic N) is 1. The lowest BCUT2D eigenvalue weighted by molar-refractivity contribution is -0.148. The van der Waals surface area contributed by atoms with E-state index >= 15 is 0 Å². The number of amides is 2. The zero-order valence-electron chi connectivity index (χ0n) is 14.2. The van der Waals surface area contributed by atoms with Crippen LogP contribution in [0.1, 0.15) is 13.8 Å². The smallest absolute Gasteiger partial charge is 0.352 e. The first-order valence-corrected chi connectivity index (χ1v) is 7.62. The molecule has 2 N–H and O–H groups in total. The van der Waals surface area contributed by atoms with Gasteiger partial charge in [-0.2, -0.15) is 0 Å². The predicted molar refractivity (Wildman–Crippen MR) is 88.0 cm³/mol. The van der Waals surface area contributed by atoms with Gasteiger partial charge < -0.3 is 24.8 Å². The van der Waals surface area contributed by atoms with Gasteiger partial charge in [-0.25, -0.2) is 4.79 Å². The zero-order chi connectivity index (χ0) is 18.6. The number of benzene rings is 1. The fourth-order valence-corrected chi connectivity index (χ4v) is 2.47. The van der Waals surface area contributed by atoms with Crippen molar-refractivity contribution in [3.8, 4) is 11.5 Å². The maximum atomic E-state index is 11.7. The van der Waals surface area contributed by atoms with E-state index < -0.39 is 17.9 Å². The maximum absolute atomic E-state index is 11.7. The summed E-state index contributed by atoms with van der Waals surface area (Å²) < 4.78 is 9.86. The van der Waals surface area contributed by atoms with Crippen LogP contribution in [0.25, 0.3) is 0 Å². The van der Waals surface area contributed by atoms with Crippen LogP contribution in [0.4, 0.5) is 0 Å². The van der Waals surface area contributed by atoms with E-state index in [0.717, 1.165) is 16.4 Å². The maximum Gasteiger partial charge on any atom is 0.352 e. The number of carbonyl (C=O) groups is 3. The lowest BCUT2D eigenvalue weighted by Crippen LogP contribution is -2.63. The molecule has 0 saturated carbocycles. The molecular formula is C17H20N2O6. The summed E-state index contributed by atoms with van der Waals surface area (Å²) in [6.07, 6.45) is 0. The molecule has 3 aliphatic heterocycles. The van der Waals surface area contributed by atoms with Crippen molar-refractivity contribution >= 4 is 17.8 Å². The number of fused-ring (bicyclic) bond motifs is 2. The van der Waals surface area contributed by atoms with E-state index in [4.69, 9.17) is 14.6 Å². The minimum Gasteiger partial charge on any atom is -0.477 e. The number of carboxylic acid groups (broad SMARTS) is 1. The minimum atomic E-state index is -1.18. The Balaban J connectivity index is 0.000000261. The van der Waals surface area contributed by atoms with Crippen LogP contribution < -0.4 is 10.1 Å². The molecule has 1 saturated heterocycles. The number of aliphatic carboxylic acids is 1. The van der Waals surface area contributed by atoms with Crippen LogP contribution in [-0.2, 0) is 19.1 Å². The average molecular weight is 348 g/mol. The number of rotatable bonds is 5. The van der Waals surface area contributed by atoms with E-state index in [1.54, 1.807) is 6.92 Å². The van der Waals surface area contributed by atoms with Crippen molar-refractivity contribution in [3.05, 3.63) is 35.5 Å². The molecular weight excluding hydrogens is 328 g/mol. The first-order valence-electron chi connectivity index (χ1n) is 7.62. The van der Waals surface area contributed by atoms with E-state index in [9.17, 15) is 14.4 Å². The number of β-lactam (4-membered cyclic amide) rings is 1. The highest BCUT2D eigenvalue weighted by Gasteiger charge is 2.41. The van der Waals surface area contributed by atoms with E-state index in [1.165, 1.54) is 14.0 Å². The Hall–Kier alpha value is -2.87. The number of methoxy groups -OCH3 is 1. The van der Waals surface area contributed by atoms with Gasteiger partial charge in [0.05, 0.1) is 13.2 Å². The number of hydrogen-bond donors (Lipinski definition) is 2. The Kier molecular flexibility index (Phi) is 5.76. The van der Waals surface area contributed by atoms with Gasteiger partial charge in [0.25, 0.3) is 5.91 Å². The van der Waals surface area contributed by atoms with E-state index in [-0.39, 0.29) is 24.8 Å². The Morgan fingerprint density at radius 2 is 1.96 bits per heavy atom. The standard InChI is InChI=1S/C11H16N2O5.C6H4O/c1-6(5-18-3)9(11(16)17)13-4-8(10(13)15)12-7(2)14;1-2-5-4-6(3-1)7-5/h8H,4-5H2,1-3H3,(H,12,14)(H,16,17);1-4H. The zero-order valence-corrected chi connectivity index (χ0v) is 14.2. The number of carboxylic acids is 1. The topological polar surface area (TPSA) is 105 Å². The Morgan fingerprint density at radius 1 is 1.36 bits per heavy atom. The molecule has 3 aliphatic rings. The fraction of sp³-hybridized carbons (Fsp3) is 0.353. The first-order chi connectivity index (χ1) is 11.8. The summed E-state index contributed by atoms with van der Waals surface area (Å²) in [5, 5.41) is 11.5. The van der Waals surface area contributed by atoms with Crippen LogP contribution in [-0.4, -0.2) is 54.1 Å². The summed E-state index contributed by atoms with van der Waals surface area (Å²) in [4.78, 5) is 34.8. The highest BCUT2D eigenvalue weighted by atomic mass is 16.5. The number of hydrogen-bond acceptors (Lipinski definition) is 5. The molecule has 2 bridgehead atoms. The molecule has 0 aromatic heterocycles. The molecule has 1 unspecified atom stereocenters. The average Bonchev–Trinajstić information content (AvgIpc) is 2.53. The Labute approximate surface area is 145 Å². The third-order valence-corrected chi connectivity index (χ3v) is 3.59. The minimum absolute atomic E-state index is 0.0801. The molecule has 0 aliphatic carbocycles. The van der Waals surface area contributed by atoms with Crippen molar-refractivity contribution in [1.82, 2.24) is 10.2 Å². The summed E-state index contributed by atoms with van der Waals surface area (Å²) in [6, 6.07) is 7.22. The normalized spacial score (nSPS) is 17.8. The monoisotopic (exact) mass is 348 g/mol. The number of likely N-dealkylation sites (tertiary alicyclic amines) is 1. The Bertz CT molecular complexity index is 703. The largest absolute Gasteiger partial charge is 0.477 e. The quantitative estimate of drug-likeness (QED) is 0.620. The van der Waals surface area contributed by atoms with Crippen molar-refractivity contribution in [3.63, 3.8) is 0 Å². The van der Waals surface area contributed by atoms with Gasteiger partial charge in [0.2, 0.25) is 5.91 Å². The van der Waals surface area contributed by atoms with Crippen molar-refractivity contribution in [2.75, 3.05) is 20.3 Å². The van der Waals surface area contributed by atoms with Crippen molar-refractivity contribution in [1.29, 1.82) is 0 Å². The van der Waals surface area contributed by atoms with Gasteiger partial charge in [-0.3, -0.25) is 9.59 Å². The van der Waals surface area contributed by atoms with Gasteiger partial charge in [-0.1, -0.05) is 6.07 Å². The van der Waals surface area contributed by atoms with Crippen LogP contribution in [0.5, 0.6) is 11.5 Å². The summed E-state index contributed by atoms with van der Waals surface area (Å²) in [5.74, 6) is 0.0506. The molecule has 2 amide bonds. The van der Waals surface area contributed by atoms with Crippen LogP contribution in [0.15, 0.2) is 35.5 Å². The van der Waals surface area contributed by atoms with Crippen LogP contribution >= 0.6 is 0 Å². The van der Waals surface area contributed by atoms with E-state index in [2.05, 4.69) is 5.32 Å². The van der Waals surface area contributed by atoms with Crippen molar-refractivity contribution < 1.29 is 29.0 Å². The first kappa shape index (κ1) is 18.5. The van der Waals surface area contributed by atoms with E-state index in [0.29, 0.717) is 5.57 Å². The van der Waals surface area contributed by atoms with Crippen LogP contribution in [0, 0.1) is 0 Å². The summed E-state index contributed by atoms with van der Waals surface area (Å²) in [7, 11) is 1.45. The molecule has 8 heteroatoms. The van der Waals surface area contributed by atoms with Gasteiger partial charge in [0, 0.05) is 20.1 Å². The van der Waals surface area contributed by atoms with Gasteiger partial charge in [-0.05, 0) is 24.6 Å². The third-order valence-electron chi connectivity index (χ3n) is 3.59. The molecule has 1 atom stereocenters. The third kappa shape index (κ3) is 4.36. The number of carbonyl (C=O) groups excluding carboxylic acids is 2. The molecule has 0 radical (unpaired) electrons. The van der Waals surface area contributed by atoms with Crippen LogP contribution in [0.2, 0.25) is 0 Å². The second kappa shape index (κ2) is 7.80. The molecule has 8 nitrogen and oxygen atoms in total. The molecule has 25 heavy (non-hydrogen) atoms. The lowest BCUT2D eigenvalue weighted by Gasteiger charge is -2.39. The molecule has 1 aromatic rings. The molecule has 1 aromatic carbocycles. The number of nitrogens with one attached hydrogen (secondary N) is 1. The van der Waals surface area contributed by atoms with Crippen molar-refractivity contribution in [2.45, 2.75) is 19.9 Å². The van der Waals surface area contributed by atoms with E-state index in [1.807, 2.05) is 24.3 Å². The van der Waals surface area contributed by atoms with Gasteiger partial charge in [-0.15, -0.1) is 0 Å². The van der Waals surface area contributed by atoms with Gasteiger partial charge in [0.1, 0.15) is 23.2 Å². The molecule has 3 heterocycles.